The summed E-state index contributed by atoms with van der Waals surface area (Å²) in [6.45, 7) is 0.837. The molecule has 12 heavy (non-hydrogen) atoms. The summed E-state index contributed by atoms with van der Waals surface area (Å²) in [4.78, 5) is 0. The first-order valence-electron chi connectivity index (χ1n) is 3.44. The third kappa shape index (κ3) is 1.16. The van der Waals surface area contributed by atoms with Crippen molar-refractivity contribution < 1.29 is 9.67 Å². The first kappa shape index (κ1) is 8.48. The Kier molecular flexibility index (Phi) is 2.10. The van der Waals surface area contributed by atoms with Crippen LogP contribution in [0.1, 0.15) is 0 Å². The van der Waals surface area contributed by atoms with Crippen molar-refractivity contribution in [3.63, 3.8) is 0 Å². The van der Waals surface area contributed by atoms with Gasteiger partial charge in [0, 0.05) is 6.07 Å². The zero-order valence-electron chi connectivity index (χ0n) is 6.05. The second-order valence-corrected chi connectivity index (χ2v) is 4.35. The first-order chi connectivity index (χ1) is 5.70. The minimum absolute atomic E-state index is 0.142. The maximum atomic E-state index is 9.51. The van der Waals surface area contributed by atoms with Crippen LogP contribution in [0.3, 0.4) is 0 Å². The second-order valence-electron chi connectivity index (χ2n) is 2.47. The smallest absolute Gasteiger partial charge is 0.285 e. The molecule has 0 saturated heterocycles. The Morgan fingerprint density at radius 3 is 3.00 bits per heavy atom. The molecule has 2 heterocycles. The van der Waals surface area contributed by atoms with Gasteiger partial charge in [0.05, 0.1) is 10.8 Å². The average molecular weight is 223 g/mol. The van der Waals surface area contributed by atoms with Gasteiger partial charge in [-0.3, -0.25) is 0 Å². The highest BCUT2D eigenvalue weighted by Gasteiger charge is 2.29. The Labute approximate surface area is 84.1 Å². The molecule has 0 bridgehead atoms. The zero-order valence-corrected chi connectivity index (χ0v) is 8.38. The van der Waals surface area contributed by atoms with Gasteiger partial charge >= 0.3 is 0 Å². The highest BCUT2D eigenvalue weighted by Crippen LogP contribution is 2.36. The lowest BCUT2D eigenvalue weighted by Gasteiger charge is -1.98. The van der Waals surface area contributed by atoms with Gasteiger partial charge in [-0.25, -0.2) is 0 Å². The molecule has 0 radical (unpaired) electrons. The summed E-state index contributed by atoms with van der Waals surface area (Å²) in [5.41, 5.74) is 0. The van der Waals surface area contributed by atoms with Crippen LogP contribution in [-0.2, 0) is 6.54 Å². The van der Waals surface area contributed by atoms with E-state index in [9.17, 15) is 5.11 Å². The molecule has 1 aliphatic rings. The molecule has 1 aliphatic heterocycles. The molecule has 0 aromatic carbocycles. The molecule has 1 aromatic rings. The number of halogens is 2. The minimum Gasteiger partial charge on any atom is -0.501 e. The van der Waals surface area contributed by atoms with Gasteiger partial charge in [0.15, 0.2) is 6.54 Å². The van der Waals surface area contributed by atoms with Crippen molar-refractivity contribution in [1.82, 2.24) is 0 Å². The lowest BCUT2D eigenvalue weighted by molar-refractivity contribution is -0.721. The third-order valence-corrected chi connectivity index (χ3v) is 3.41. The molecule has 2 nitrogen and oxygen atoms in total. The first-order valence-corrected chi connectivity index (χ1v) is 5.18. The van der Waals surface area contributed by atoms with Crippen molar-refractivity contribution in [3.05, 3.63) is 16.2 Å². The maximum absolute atomic E-state index is 9.51. The summed E-state index contributed by atoms with van der Waals surface area (Å²) in [7, 11) is 0. The Balaban J connectivity index is 2.69. The SMILES string of the molecule is Oc1c(Cl)cc(Cl)[n+]2c1SCC2. The number of pyridine rings is 1. The Morgan fingerprint density at radius 2 is 2.25 bits per heavy atom. The van der Waals surface area contributed by atoms with Crippen LogP contribution in [0.5, 0.6) is 5.75 Å². The lowest BCUT2D eigenvalue weighted by Crippen LogP contribution is -2.34. The van der Waals surface area contributed by atoms with E-state index in [1.807, 2.05) is 4.57 Å². The summed E-state index contributed by atoms with van der Waals surface area (Å²) in [6.07, 6.45) is 0. The number of nitrogens with zero attached hydrogens (tertiary/aromatic N) is 1. The summed E-state index contributed by atoms with van der Waals surface area (Å²) >= 11 is 13.2. The van der Waals surface area contributed by atoms with E-state index in [1.165, 1.54) is 0 Å². The predicted molar refractivity (Wildman–Crippen MR) is 49.0 cm³/mol. The van der Waals surface area contributed by atoms with Crippen molar-refractivity contribution in [2.45, 2.75) is 11.6 Å². The van der Waals surface area contributed by atoms with Crippen LogP contribution in [0.15, 0.2) is 11.1 Å². The van der Waals surface area contributed by atoms with Gasteiger partial charge in [-0.2, -0.15) is 4.57 Å². The molecule has 1 N–H and O–H groups in total. The molecule has 0 aliphatic carbocycles. The van der Waals surface area contributed by atoms with Crippen LogP contribution in [0.4, 0.5) is 0 Å². The van der Waals surface area contributed by atoms with Crippen molar-refractivity contribution in [1.29, 1.82) is 0 Å². The van der Waals surface area contributed by atoms with Gasteiger partial charge < -0.3 is 5.11 Å². The fourth-order valence-electron chi connectivity index (χ4n) is 1.17. The Morgan fingerprint density at radius 1 is 1.50 bits per heavy atom. The van der Waals surface area contributed by atoms with Crippen LogP contribution < -0.4 is 4.57 Å². The van der Waals surface area contributed by atoms with E-state index >= 15 is 0 Å². The maximum Gasteiger partial charge on any atom is 0.285 e. The molecule has 0 unspecified atom stereocenters. The van der Waals surface area contributed by atoms with E-state index in [2.05, 4.69) is 0 Å². The van der Waals surface area contributed by atoms with Crippen molar-refractivity contribution in [3.8, 4) is 5.75 Å². The number of thioether (sulfide) groups is 1. The van der Waals surface area contributed by atoms with E-state index in [4.69, 9.17) is 23.2 Å². The normalized spacial score (nSPS) is 14.8. The van der Waals surface area contributed by atoms with Crippen molar-refractivity contribution in [2.75, 3.05) is 5.75 Å². The number of hydrogen-bond donors (Lipinski definition) is 1. The molecule has 0 saturated carbocycles. The number of aromatic hydroxyl groups is 1. The standard InChI is InChI=1S/C7H5Cl2NOS/c8-4-3-5(9)10-1-2-12-7(10)6(4)11/h3H,1-2H2/p+1. The average Bonchev–Trinajstić information content (AvgIpc) is 2.48. The molecule has 1 aromatic heterocycles. The van der Waals surface area contributed by atoms with Crippen LogP contribution >= 0.6 is 35.0 Å². The topological polar surface area (TPSA) is 24.1 Å². The summed E-state index contributed by atoms with van der Waals surface area (Å²) in [5, 5.41) is 11.2. The molecule has 0 amide bonds. The van der Waals surface area contributed by atoms with Crippen molar-refractivity contribution in [2.24, 2.45) is 0 Å². The van der Waals surface area contributed by atoms with E-state index in [1.54, 1.807) is 17.8 Å². The third-order valence-electron chi connectivity index (χ3n) is 1.73. The zero-order chi connectivity index (χ0) is 8.72. The van der Waals surface area contributed by atoms with Crippen molar-refractivity contribution >= 4 is 35.0 Å². The fraction of sp³-hybridized carbons (Fsp3) is 0.286. The minimum atomic E-state index is 0.142. The van der Waals surface area contributed by atoms with Gasteiger partial charge in [-0.15, -0.1) is 0 Å². The molecule has 2 rings (SSSR count). The predicted octanol–water partition coefficient (Wildman–Crippen LogP) is 2.09. The van der Waals surface area contributed by atoms with Gasteiger partial charge in [0.25, 0.3) is 10.2 Å². The largest absolute Gasteiger partial charge is 0.501 e. The molecular formula is C7H6Cl2NOS+. The van der Waals surface area contributed by atoms with Crippen LogP contribution in [0.25, 0.3) is 0 Å². The number of fused-ring (bicyclic) bond motifs is 1. The highest BCUT2D eigenvalue weighted by molar-refractivity contribution is 7.99. The van der Waals surface area contributed by atoms with Crippen LogP contribution in [0.2, 0.25) is 10.2 Å². The van der Waals surface area contributed by atoms with Crippen LogP contribution in [0, 0.1) is 0 Å². The molecule has 0 atom stereocenters. The Hall–Kier alpha value is -0.120. The summed E-state index contributed by atoms with van der Waals surface area (Å²) in [6, 6.07) is 1.56. The lowest BCUT2D eigenvalue weighted by atomic mass is 10.4. The molecule has 64 valence electrons. The van der Waals surface area contributed by atoms with Crippen LogP contribution in [-0.4, -0.2) is 10.9 Å². The van der Waals surface area contributed by atoms with Gasteiger partial charge in [0.2, 0.25) is 5.75 Å². The summed E-state index contributed by atoms with van der Waals surface area (Å²) in [5.74, 6) is 1.08. The molecular weight excluding hydrogens is 217 g/mol. The van der Waals surface area contributed by atoms with E-state index < -0.39 is 0 Å². The fourth-order valence-corrected chi connectivity index (χ4v) is 2.86. The van der Waals surface area contributed by atoms with Gasteiger partial charge in [0.1, 0.15) is 0 Å². The number of hydrogen-bond acceptors (Lipinski definition) is 2. The monoisotopic (exact) mass is 222 g/mol. The number of aromatic nitrogens is 1. The second kappa shape index (κ2) is 2.98. The van der Waals surface area contributed by atoms with Gasteiger partial charge in [-0.1, -0.05) is 11.6 Å². The molecule has 5 heteroatoms. The van der Waals surface area contributed by atoms with E-state index in [0.29, 0.717) is 10.2 Å². The van der Waals surface area contributed by atoms with Gasteiger partial charge in [-0.05, 0) is 23.4 Å². The highest BCUT2D eigenvalue weighted by atomic mass is 35.5. The molecule has 0 fully saturated rings. The van der Waals surface area contributed by atoms with E-state index in [0.717, 1.165) is 17.3 Å². The molecule has 0 spiro atoms. The Bertz CT molecular complexity index is 343. The van der Waals surface area contributed by atoms with E-state index in [-0.39, 0.29) is 5.75 Å². The summed E-state index contributed by atoms with van der Waals surface area (Å²) < 4.78 is 1.85. The number of rotatable bonds is 0. The quantitative estimate of drug-likeness (QED) is 0.538.